The van der Waals surface area contributed by atoms with Gasteiger partial charge in [0.05, 0.1) is 0 Å². The standard InChI is InChI=1S/C6H12O2.Li/c1-5(7)8-6(2,3)4;/h1-4H3;. The summed E-state index contributed by atoms with van der Waals surface area (Å²) in [6.45, 7) is 6.93. The predicted molar refractivity (Wildman–Crippen MR) is 37.3 cm³/mol. The van der Waals surface area contributed by atoms with Crippen LogP contribution >= 0.6 is 0 Å². The maximum absolute atomic E-state index is 10.2. The molecule has 0 aliphatic heterocycles. The van der Waals surface area contributed by atoms with Crippen LogP contribution in [0.2, 0.25) is 0 Å². The van der Waals surface area contributed by atoms with Crippen molar-refractivity contribution in [2.75, 3.05) is 0 Å². The Bertz CT molecular complexity index is 93.7. The average molecular weight is 123 g/mol. The van der Waals surface area contributed by atoms with E-state index >= 15 is 0 Å². The molecule has 9 heavy (non-hydrogen) atoms. The van der Waals surface area contributed by atoms with Gasteiger partial charge in [-0.1, -0.05) is 0 Å². The maximum atomic E-state index is 10.2. The molecular formula is C6H12LiO2. The van der Waals surface area contributed by atoms with Crippen LogP contribution < -0.4 is 0 Å². The molecule has 0 aromatic carbocycles. The van der Waals surface area contributed by atoms with Crippen LogP contribution in [0.1, 0.15) is 27.7 Å². The monoisotopic (exact) mass is 123 g/mol. The van der Waals surface area contributed by atoms with Crippen molar-refractivity contribution in [2.45, 2.75) is 33.3 Å². The van der Waals surface area contributed by atoms with Crippen molar-refractivity contribution in [1.29, 1.82) is 0 Å². The molecule has 0 aliphatic carbocycles. The second-order valence-electron chi connectivity index (χ2n) is 2.71. The Morgan fingerprint density at radius 3 is 1.67 bits per heavy atom. The van der Waals surface area contributed by atoms with Crippen LogP contribution in [0.25, 0.3) is 0 Å². The molecule has 0 saturated carbocycles. The number of esters is 1. The van der Waals surface area contributed by atoms with E-state index in [1.54, 1.807) is 0 Å². The van der Waals surface area contributed by atoms with E-state index < -0.39 is 0 Å². The van der Waals surface area contributed by atoms with Gasteiger partial charge < -0.3 is 4.74 Å². The third kappa shape index (κ3) is 11.6. The van der Waals surface area contributed by atoms with Crippen molar-refractivity contribution in [1.82, 2.24) is 0 Å². The average Bonchev–Trinajstić information content (AvgIpc) is 1.21. The van der Waals surface area contributed by atoms with E-state index in [9.17, 15) is 4.79 Å². The third-order valence-corrected chi connectivity index (χ3v) is 0.450. The molecule has 0 amide bonds. The number of carbonyl (C=O) groups is 1. The Balaban J connectivity index is 0. The van der Waals surface area contributed by atoms with Crippen LogP contribution in [0, 0.1) is 0 Å². The van der Waals surface area contributed by atoms with Crippen LogP contribution in [0.4, 0.5) is 0 Å². The largest absolute Gasteiger partial charge is 0.460 e. The smallest absolute Gasteiger partial charge is 0.303 e. The summed E-state index contributed by atoms with van der Waals surface area (Å²) in [7, 11) is 0. The second kappa shape index (κ2) is 3.98. The van der Waals surface area contributed by atoms with Gasteiger partial charge in [0.15, 0.2) is 0 Å². The van der Waals surface area contributed by atoms with Gasteiger partial charge in [0.25, 0.3) is 0 Å². The van der Waals surface area contributed by atoms with E-state index in [0.29, 0.717) is 0 Å². The fourth-order valence-corrected chi connectivity index (χ4v) is 0.431. The molecule has 0 spiro atoms. The second-order valence-corrected chi connectivity index (χ2v) is 2.71. The van der Waals surface area contributed by atoms with Gasteiger partial charge in [-0.2, -0.15) is 0 Å². The van der Waals surface area contributed by atoms with Crippen LogP contribution in [0.3, 0.4) is 0 Å². The van der Waals surface area contributed by atoms with Gasteiger partial charge in [-0.05, 0) is 20.8 Å². The summed E-state index contributed by atoms with van der Waals surface area (Å²) in [5.74, 6) is -0.225. The SMILES string of the molecule is CC(=O)OC(C)(C)C.[Li]. The fourth-order valence-electron chi connectivity index (χ4n) is 0.431. The quantitative estimate of drug-likeness (QED) is 0.354. The van der Waals surface area contributed by atoms with E-state index in [1.807, 2.05) is 20.8 Å². The fraction of sp³-hybridized carbons (Fsp3) is 0.833. The van der Waals surface area contributed by atoms with Gasteiger partial charge in [0.1, 0.15) is 5.60 Å². The number of hydrogen-bond donors (Lipinski definition) is 0. The minimum atomic E-state index is -0.328. The first-order valence-electron chi connectivity index (χ1n) is 2.61. The summed E-state index contributed by atoms with van der Waals surface area (Å²) in [4.78, 5) is 10.2. The third-order valence-electron chi connectivity index (χ3n) is 0.450. The van der Waals surface area contributed by atoms with Gasteiger partial charge in [-0.3, -0.25) is 4.79 Å². The molecule has 0 fully saturated rings. The molecule has 0 unspecified atom stereocenters. The molecule has 0 aromatic heterocycles. The number of ether oxygens (including phenoxy) is 1. The van der Waals surface area contributed by atoms with E-state index in [-0.39, 0.29) is 30.4 Å². The van der Waals surface area contributed by atoms with E-state index in [0.717, 1.165) is 0 Å². The minimum absolute atomic E-state index is 0. The van der Waals surface area contributed by atoms with Crippen LogP contribution in [0.15, 0.2) is 0 Å². The molecule has 0 atom stereocenters. The summed E-state index contributed by atoms with van der Waals surface area (Å²) < 4.78 is 4.80. The maximum Gasteiger partial charge on any atom is 0.303 e. The molecule has 0 bridgehead atoms. The topological polar surface area (TPSA) is 26.3 Å². The molecule has 0 N–H and O–H groups in total. The zero-order valence-corrected chi connectivity index (χ0v) is 6.82. The van der Waals surface area contributed by atoms with Crippen molar-refractivity contribution >= 4 is 24.8 Å². The van der Waals surface area contributed by atoms with Crippen molar-refractivity contribution < 1.29 is 9.53 Å². The number of hydrogen-bond acceptors (Lipinski definition) is 2. The molecule has 0 saturated heterocycles. The van der Waals surface area contributed by atoms with Crippen molar-refractivity contribution in [3.63, 3.8) is 0 Å². The zero-order valence-electron chi connectivity index (χ0n) is 6.82. The van der Waals surface area contributed by atoms with E-state index in [2.05, 4.69) is 0 Å². The zero-order chi connectivity index (χ0) is 6.78. The summed E-state index contributed by atoms with van der Waals surface area (Å²) in [6.07, 6.45) is 0. The minimum Gasteiger partial charge on any atom is -0.460 e. The molecule has 3 heteroatoms. The summed E-state index contributed by atoms with van der Waals surface area (Å²) in [6, 6.07) is 0. The van der Waals surface area contributed by atoms with Gasteiger partial charge in [-0.15, -0.1) is 0 Å². The van der Waals surface area contributed by atoms with Gasteiger partial charge in [-0.25, -0.2) is 0 Å². The first-order valence-corrected chi connectivity index (χ1v) is 2.61. The Morgan fingerprint density at radius 2 is 1.67 bits per heavy atom. The Labute approximate surface area is 68.1 Å². The Kier molecular flexibility index (Phi) is 5.22. The summed E-state index contributed by atoms with van der Waals surface area (Å²) in [5.41, 5.74) is -0.328. The van der Waals surface area contributed by atoms with Crippen molar-refractivity contribution in [3.05, 3.63) is 0 Å². The molecule has 0 rings (SSSR count). The molecule has 0 aliphatic rings. The molecular weight excluding hydrogens is 111 g/mol. The van der Waals surface area contributed by atoms with Crippen LogP contribution in [-0.4, -0.2) is 30.4 Å². The Hall–Kier alpha value is 0.0674. The molecule has 0 aromatic rings. The Morgan fingerprint density at radius 1 is 1.33 bits per heavy atom. The van der Waals surface area contributed by atoms with Crippen LogP contribution in [0.5, 0.6) is 0 Å². The van der Waals surface area contributed by atoms with Crippen LogP contribution in [-0.2, 0) is 9.53 Å². The van der Waals surface area contributed by atoms with Gasteiger partial charge in [0.2, 0.25) is 0 Å². The van der Waals surface area contributed by atoms with Crippen molar-refractivity contribution in [2.24, 2.45) is 0 Å². The molecule has 49 valence electrons. The van der Waals surface area contributed by atoms with E-state index in [1.165, 1.54) is 6.92 Å². The predicted octanol–water partition coefficient (Wildman–Crippen LogP) is 0.967. The normalized spacial score (nSPS) is 9.78. The van der Waals surface area contributed by atoms with E-state index in [4.69, 9.17) is 4.74 Å². The number of rotatable bonds is 0. The van der Waals surface area contributed by atoms with Gasteiger partial charge in [0, 0.05) is 25.8 Å². The molecule has 0 heterocycles. The summed E-state index contributed by atoms with van der Waals surface area (Å²) in [5, 5.41) is 0. The molecule has 2 nitrogen and oxygen atoms in total. The van der Waals surface area contributed by atoms with Crippen molar-refractivity contribution in [3.8, 4) is 0 Å². The van der Waals surface area contributed by atoms with Gasteiger partial charge >= 0.3 is 5.97 Å². The first-order chi connectivity index (χ1) is 3.42. The number of carbonyl (C=O) groups excluding carboxylic acids is 1. The first kappa shape index (κ1) is 11.8. The summed E-state index contributed by atoms with van der Waals surface area (Å²) >= 11 is 0. The molecule has 1 radical (unpaired) electrons.